The van der Waals surface area contributed by atoms with Gasteiger partial charge in [-0.3, -0.25) is 9.59 Å². The van der Waals surface area contributed by atoms with Crippen molar-refractivity contribution < 1.29 is 14.3 Å². The topological polar surface area (TPSA) is 58.6 Å². The number of piperidine rings is 1. The Hall–Kier alpha value is -2.82. The molecule has 0 saturated carbocycles. The Kier molecular flexibility index (Phi) is 6.12. The van der Waals surface area contributed by atoms with Gasteiger partial charge in [0.2, 0.25) is 0 Å². The first-order valence-corrected chi connectivity index (χ1v) is 9.50. The monoisotopic (exact) mass is 366 g/mol. The van der Waals surface area contributed by atoms with E-state index in [0.717, 1.165) is 25.3 Å². The molecule has 1 fully saturated rings. The third-order valence-corrected chi connectivity index (χ3v) is 4.76. The van der Waals surface area contributed by atoms with Crippen LogP contribution in [0, 0.1) is 5.92 Å². The largest absolute Gasteiger partial charge is 0.494 e. The number of hydrogen-bond donors (Lipinski definition) is 1. The third kappa shape index (κ3) is 4.88. The molecule has 0 aliphatic carbocycles. The molecule has 0 radical (unpaired) electrons. The van der Waals surface area contributed by atoms with E-state index in [4.69, 9.17) is 4.74 Å². The van der Waals surface area contributed by atoms with Crippen LogP contribution in [0.2, 0.25) is 0 Å². The second kappa shape index (κ2) is 8.71. The number of hydrogen-bond acceptors (Lipinski definition) is 3. The van der Waals surface area contributed by atoms with Crippen LogP contribution < -0.4 is 10.1 Å². The lowest BCUT2D eigenvalue weighted by Crippen LogP contribution is -2.39. The lowest BCUT2D eigenvalue weighted by molar-refractivity contribution is 0.0682. The van der Waals surface area contributed by atoms with E-state index in [2.05, 4.69) is 12.2 Å². The van der Waals surface area contributed by atoms with Gasteiger partial charge in [-0.25, -0.2) is 0 Å². The van der Waals surface area contributed by atoms with Crippen LogP contribution in [0.3, 0.4) is 0 Å². The van der Waals surface area contributed by atoms with Crippen molar-refractivity contribution in [2.45, 2.75) is 26.7 Å². The molecule has 1 unspecified atom stereocenters. The van der Waals surface area contributed by atoms with Gasteiger partial charge in [-0.2, -0.15) is 0 Å². The van der Waals surface area contributed by atoms with Crippen LogP contribution in [0.15, 0.2) is 48.5 Å². The van der Waals surface area contributed by atoms with Crippen LogP contribution in [-0.2, 0) is 0 Å². The number of amides is 2. The molecule has 1 N–H and O–H groups in total. The van der Waals surface area contributed by atoms with E-state index in [9.17, 15) is 9.59 Å². The average molecular weight is 366 g/mol. The van der Waals surface area contributed by atoms with Crippen LogP contribution in [0.25, 0.3) is 0 Å². The fraction of sp³-hybridized carbons (Fsp3) is 0.364. The minimum absolute atomic E-state index is 0.0417. The van der Waals surface area contributed by atoms with E-state index in [1.807, 2.05) is 24.0 Å². The van der Waals surface area contributed by atoms with Crippen molar-refractivity contribution in [2.75, 3.05) is 25.0 Å². The smallest absolute Gasteiger partial charge is 0.255 e. The minimum Gasteiger partial charge on any atom is -0.494 e. The zero-order chi connectivity index (χ0) is 19.2. The maximum Gasteiger partial charge on any atom is 0.255 e. The van der Waals surface area contributed by atoms with Gasteiger partial charge < -0.3 is 15.0 Å². The van der Waals surface area contributed by atoms with Gasteiger partial charge in [0.05, 0.1) is 6.61 Å². The Labute approximate surface area is 160 Å². The van der Waals surface area contributed by atoms with E-state index in [0.29, 0.717) is 29.3 Å². The number of benzene rings is 2. The summed E-state index contributed by atoms with van der Waals surface area (Å²) in [5.41, 5.74) is 1.85. The van der Waals surface area contributed by atoms with Crippen LogP contribution in [0.1, 0.15) is 47.4 Å². The molecule has 0 bridgehead atoms. The number of likely N-dealkylation sites (tertiary alicyclic amines) is 1. The van der Waals surface area contributed by atoms with Crippen LogP contribution in [0.5, 0.6) is 5.75 Å². The van der Waals surface area contributed by atoms with Crippen LogP contribution in [-0.4, -0.2) is 36.4 Å². The van der Waals surface area contributed by atoms with Gasteiger partial charge in [-0.1, -0.05) is 6.92 Å². The molecular weight excluding hydrogens is 340 g/mol. The number of nitrogens with zero attached hydrogens (tertiary/aromatic N) is 1. The van der Waals surface area contributed by atoms with Crippen molar-refractivity contribution in [1.82, 2.24) is 4.90 Å². The number of nitrogens with one attached hydrogen (secondary N) is 1. The van der Waals surface area contributed by atoms with Crippen LogP contribution in [0.4, 0.5) is 5.69 Å². The lowest BCUT2D eigenvalue weighted by Gasteiger charge is -2.31. The minimum atomic E-state index is -0.204. The summed E-state index contributed by atoms with van der Waals surface area (Å²) < 4.78 is 5.39. The molecule has 2 aromatic rings. The van der Waals surface area contributed by atoms with Gasteiger partial charge in [0.1, 0.15) is 5.75 Å². The van der Waals surface area contributed by atoms with E-state index in [1.54, 1.807) is 36.4 Å². The summed E-state index contributed by atoms with van der Waals surface area (Å²) in [5.74, 6) is 1.15. The zero-order valence-electron chi connectivity index (χ0n) is 15.9. The average Bonchev–Trinajstić information content (AvgIpc) is 2.69. The number of carbonyl (C=O) groups excluding carboxylic acids is 2. The van der Waals surface area contributed by atoms with Gasteiger partial charge in [0.25, 0.3) is 11.8 Å². The zero-order valence-corrected chi connectivity index (χ0v) is 15.9. The molecule has 2 aromatic carbocycles. The third-order valence-electron chi connectivity index (χ3n) is 4.76. The quantitative estimate of drug-likeness (QED) is 0.862. The molecule has 1 aliphatic rings. The summed E-state index contributed by atoms with van der Waals surface area (Å²) in [4.78, 5) is 26.9. The highest BCUT2D eigenvalue weighted by Gasteiger charge is 2.22. The van der Waals surface area contributed by atoms with E-state index in [1.165, 1.54) is 6.42 Å². The van der Waals surface area contributed by atoms with Crippen molar-refractivity contribution in [3.63, 3.8) is 0 Å². The van der Waals surface area contributed by atoms with Crippen molar-refractivity contribution in [3.05, 3.63) is 59.7 Å². The summed E-state index contributed by atoms with van der Waals surface area (Å²) in [6.45, 7) is 6.32. The number of rotatable bonds is 5. The highest BCUT2D eigenvalue weighted by atomic mass is 16.5. The summed E-state index contributed by atoms with van der Waals surface area (Å²) in [6.07, 6.45) is 2.23. The van der Waals surface area contributed by atoms with Crippen molar-refractivity contribution in [1.29, 1.82) is 0 Å². The van der Waals surface area contributed by atoms with E-state index in [-0.39, 0.29) is 11.8 Å². The van der Waals surface area contributed by atoms with Gasteiger partial charge in [-0.05, 0) is 74.2 Å². The molecule has 2 amide bonds. The van der Waals surface area contributed by atoms with Gasteiger partial charge >= 0.3 is 0 Å². The number of ether oxygens (including phenoxy) is 1. The molecule has 1 saturated heterocycles. The summed E-state index contributed by atoms with van der Waals surface area (Å²) >= 11 is 0. The first-order chi connectivity index (χ1) is 13.1. The summed E-state index contributed by atoms with van der Waals surface area (Å²) in [5, 5.41) is 2.86. The van der Waals surface area contributed by atoms with Gasteiger partial charge in [-0.15, -0.1) is 0 Å². The Morgan fingerprint density at radius 3 is 2.37 bits per heavy atom. The Bertz CT molecular complexity index is 784. The maximum atomic E-state index is 12.6. The molecule has 5 heteroatoms. The SMILES string of the molecule is CCOc1ccc(NC(=O)c2ccc(C(=O)N3CCCC(C)C3)cc2)cc1. The van der Waals surface area contributed by atoms with E-state index < -0.39 is 0 Å². The van der Waals surface area contributed by atoms with Crippen molar-refractivity contribution >= 4 is 17.5 Å². The molecule has 3 rings (SSSR count). The van der Waals surface area contributed by atoms with Gasteiger partial charge in [0.15, 0.2) is 0 Å². The lowest BCUT2D eigenvalue weighted by atomic mass is 9.99. The molecule has 0 aromatic heterocycles. The molecule has 27 heavy (non-hydrogen) atoms. The molecular formula is C22H26N2O3. The predicted molar refractivity (Wildman–Crippen MR) is 106 cm³/mol. The molecule has 142 valence electrons. The van der Waals surface area contributed by atoms with Gasteiger partial charge in [0, 0.05) is 29.9 Å². The Morgan fingerprint density at radius 2 is 1.74 bits per heavy atom. The second-order valence-electron chi connectivity index (χ2n) is 6.99. The molecule has 1 heterocycles. The fourth-order valence-electron chi connectivity index (χ4n) is 3.33. The molecule has 0 spiro atoms. The van der Waals surface area contributed by atoms with Crippen molar-refractivity contribution in [2.24, 2.45) is 5.92 Å². The number of anilines is 1. The molecule has 1 atom stereocenters. The van der Waals surface area contributed by atoms with Crippen LogP contribution >= 0.6 is 0 Å². The summed E-state index contributed by atoms with van der Waals surface area (Å²) in [6, 6.07) is 14.1. The Balaban J connectivity index is 1.62. The standard InChI is InChI=1S/C22H26N2O3/c1-3-27-20-12-10-19(11-13-20)23-21(25)17-6-8-18(9-7-17)22(26)24-14-4-5-16(2)15-24/h6-13,16H,3-5,14-15H2,1-2H3,(H,23,25). The second-order valence-corrected chi connectivity index (χ2v) is 6.99. The predicted octanol–water partition coefficient (Wildman–Crippen LogP) is 4.21. The highest BCUT2D eigenvalue weighted by Crippen LogP contribution is 2.19. The maximum absolute atomic E-state index is 12.6. The first kappa shape index (κ1) is 19.0. The highest BCUT2D eigenvalue weighted by molar-refractivity contribution is 6.05. The normalized spacial score (nSPS) is 16.7. The van der Waals surface area contributed by atoms with Crippen molar-refractivity contribution in [3.8, 4) is 5.75 Å². The molecule has 1 aliphatic heterocycles. The fourth-order valence-corrected chi connectivity index (χ4v) is 3.33. The summed E-state index contributed by atoms with van der Waals surface area (Å²) in [7, 11) is 0. The molecule has 5 nitrogen and oxygen atoms in total. The Morgan fingerprint density at radius 1 is 1.07 bits per heavy atom. The van der Waals surface area contributed by atoms with E-state index >= 15 is 0 Å². The number of carbonyl (C=O) groups is 2. The first-order valence-electron chi connectivity index (χ1n) is 9.50.